The maximum absolute atomic E-state index is 5.29. The number of fused-ring (bicyclic) bond motifs is 8. The van der Waals surface area contributed by atoms with Crippen LogP contribution in [-0.2, 0) is 5.41 Å². The van der Waals surface area contributed by atoms with Crippen molar-refractivity contribution in [3.05, 3.63) is 229 Å². The van der Waals surface area contributed by atoms with Crippen molar-refractivity contribution >= 4 is 59.5 Å². The normalized spacial score (nSPS) is 12.9. The molecule has 0 atom stereocenters. The quantitative estimate of drug-likeness (QED) is 0.170. The fourth-order valence-corrected chi connectivity index (χ4v) is 10.1. The molecule has 0 fully saturated rings. The van der Waals surface area contributed by atoms with Gasteiger partial charge in [-0.2, -0.15) is 0 Å². The molecular formula is C52H34N2S. The van der Waals surface area contributed by atoms with Gasteiger partial charge in [-0.05, 0) is 80.0 Å². The minimum absolute atomic E-state index is 0.519. The number of thiophene rings is 1. The maximum atomic E-state index is 5.29. The number of hydrogen-bond acceptors (Lipinski definition) is 3. The first kappa shape index (κ1) is 31.7. The number of hydrogen-bond donors (Lipinski definition) is 0. The predicted molar refractivity (Wildman–Crippen MR) is 232 cm³/mol. The van der Waals surface area contributed by atoms with Crippen molar-refractivity contribution in [3.63, 3.8) is 0 Å². The highest BCUT2D eigenvalue weighted by atomic mass is 32.1. The lowest BCUT2D eigenvalue weighted by Gasteiger charge is -2.35. The molecule has 0 bridgehead atoms. The van der Waals surface area contributed by atoms with E-state index in [-0.39, 0.29) is 0 Å². The largest absolute Gasteiger partial charge is 0.294 e. The molecule has 3 heteroatoms. The van der Waals surface area contributed by atoms with Gasteiger partial charge in [0.25, 0.3) is 0 Å². The van der Waals surface area contributed by atoms with Gasteiger partial charge < -0.3 is 0 Å². The minimum Gasteiger partial charge on any atom is -0.294 e. The molecule has 0 spiro atoms. The van der Waals surface area contributed by atoms with Gasteiger partial charge in [0, 0.05) is 32.9 Å². The van der Waals surface area contributed by atoms with Crippen molar-refractivity contribution in [1.82, 2.24) is 4.98 Å². The summed E-state index contributed by atoms with van der Waals surface area (Å²) in [6.07, 6.45) is 2.07. The Morgan fingerprint density at radius 1 is 0.455 bits per heavy atom. The number of para-hydroxylation sites is 1. The Morgan fingerprint density at radius 3 is 1.87 bits per heavy atom. The molecule has 1 aliphatic carbocycles. The number of rotatable bonds is 6. The lowest BCUT2D eigenvalue weighted by atomic mass is 9.67. The molecule has 11 rings (SSSR count). The third kappa shape index (κ3) is 4.83. The average Bonchev–Trinajstić information content (AvgIpc) is 3.79. The molecule has 2 nitrogen and oxygen atoms in total. The molecule has 0 N–H and O–H groups in total. The van der Waals surface area contributed by atoms with Gasteiger partial charge in [-0.3, -0.25) is 4.90 Å². The van der Waals surface area contributed by atoms with Crippen LogP contribution in [0.15, 0.2) is 206 Å². The van der Waals surface area contributed by atoms with E-state index in [9.17, 15) is 0 Å². The van der Waals surface area contributed by atoms with E-state index >= 15 is 0 Å². The van der Waals surface area contributed by atoms with Crippen molar-refractivity contribution in [2.75, 3.05) is 4.90 Å². The molecule has 0 saturated carbocycles. The van der Waals surface area contributed by atoms with Crippen LogP contribution in [-0.4, -0.2) is 4.98 Å². The highest BCUT2D eigenvalue weighted by molar-refractivity contribution is 7.26. The van der Waals surface area contributed by atoms with Crippen molar-refractivity contribution in [3.8, 4) is 22.3 Å². The van der Waals surface area contributed by atoms with Gasteiger partial charge in [-0.25, -0.2) is 4.98 Å². The van der Waals surface area contributed by atoms with Crippen LogP contribution < -0.4 is 4.90 Å². The summed E-state index contributed by atoms with van der Waals surface area (Å²) in [6.45, 7) is 0. The second kappa shape index (κ2) is 12.7. The standard InChI is InChI=1S/C52H34N2S/c1-4-16-35(17-5-1)40-23-13-15-27-47(40)54(50-33-44-49(34-53-50)55-48-31-28-36-18-10-11-24-41(36)51(44)48)39-29-30-43-42-25-12-14-26-45(42)52(46(43)32-39,37-19-6-2-7-20-37)38-21-8-3-9-22-38/h1-34H. The summed E-state index contributed by atoms with van der Waals surface area (Å²) in [6, 6.07) is 73.0. The van der Waals surface area contributed by atoms with Gasteiger partial charge in [0.15, 0.2) is 0 Å². The van der Waals surface area contributed by atoms with E-state index in [0.717, 1.165) is 28.3 Å². The van der Waals surface area contributed by atoms with Crippen molar-refractivity contribution in [2.24, 2.45) is 0 Å². The highest BCUT2D eigenvalue weighted by Gasteiger charge is 2.46. The molecule has 1 aliphatic rings. The Balaban J connectivity index is 1.22. The van der Waals surface area contributed by atoms with Gasteiger partial charge in [-0.1, -0.05) is 170 Å². The second-order valence-corrected chi connectivity index (χ2v) is 15.4. The van der Waals surface area contributed by atoms with E-state index in [1.807, 2.05) is 11.3 Å². The van der Waals surface area contributed by atoms with E-state index in [2.05, 4.69) is 211 Å². The lowest BCUT2D eigenvalue weighted by molar-refractivity contribution is 0.768. The monoisotopic (exact) mass is 718 g/mol. The third-order valence-electron chi connectivity index (χ3n) is 11.4. The fraction of sp³-hybridized carbons (Fsp3) is 0.0192. The van der Waals surface area contributed by atoms with Crippen LogP contribution in [0.2, 0.25) is 0 Å². The lowest BCUT2D eigenvalue weighted by Crippen LogP contribution is -2.28. The first-order valence-electron chi connectivity index (χ1n) is 18.8. The van der Waals surface area contributed by atoms with Crippen LogP contribution in [0.5, 0.6) is 0 Å². The summed E-state index contributed by atoms with van der Waals surface area (Å²) in [5, 5.41) is 5.02. The number of aromatic nitrogens is 1. The Hall–Kier alpha value is -6.81. The molecule has 2 heterocycles. The molecule has 0 amide bonds. The Labute approximate surface area is 324 Å². The molecule has 55 heavy (non-hydrogen) atoms. The first-order valence-corrected chi connectivity index (χ1v) is 19.6. The van der Waals surface area contributed by atoms with Gasteiger partial charge in [0.1, 0.15) is 5.82 Å². The van der Waals surface area contributed by atoms with Gasteiger partial charge in [-0.15, -0.1) is 11.3 Å². The van der Waals surface area contributed by atoms with Gasteiger partial charge in [0.2, 0.25) is 0 Å². The number of anilines is 3. The fourth-order valence-electron chi connectivity index (χ4n) is 9.06. The molecule has 2 aromatic heterocycles. The zero-order valence-electron chi connectivity index (χ0n) is 29.9. The van der Waals surface area contributed by atoms with Crippen molar-refractivity contribution in [2.45, 2.75) is 5.41 Å². The average molecular weight is 719 g/mol. The third-order valence-corrected chi connectivity index (χ3v) is 12.5. The molecule has 0 radical (unpaired) electrons. The zero-order valence-corrected chi connectivity index (χ0v) is 30.7. The Kier molecular flexibility index (Phi) is 7.29. The van der Waals surface area contributed by atoms with Crippen molar-refractivity contribution < 1.29 is 0 Å². The molecule has 10 aromatic rings. The second-order valence-electron chi connectivity index (χ2n) is 14.3. The summed E-state index contributed by atoms with van der Waals surface area (Å²) >= 11 is 1.81. The van der Waals surface area contributed by atoms with Crippen molar-refractivity contribution in [1.29, 1.82) is 0 Å². The van der Waals surface area contributed by atoms with Gasteiger partial charge >= 0.3 is 0 Å². The molecule has 0 saturated heterocycles. The Morgan fingerprint density at radius 2 is 1.09 bits per heavy atom. The van der Waals surface area contributed by atoms with E-state index in [0.29, 0.717) is 0 Å². The smallest absolute Gasteiger partial charge is 0.138 e. The minimum atomic E-state index is -0.519. The van der Waals surface area contributed by atoms with Crippen LogP contribution in [0.25, 0.3) is 53.2 Å². The summed E-state index contributed by atoms with van der Waals surface area (Å²) in [7, 11) is 0. The zero-order chi connectivity index (χ0) is 36.3. The van der Waals surface area contributed by atoms with Crippen LogP contribution in [0, 0.1) is 0 Å². The number of nitrogens with zero attached hydrogens (tertiary/aromatic N) is 2. The summed E-state index contributed by atoms with van der Waals surface area (Å²) < 4.78 is 2.46. The van der Waals surface area contributed by atoms with E-state index in [4.69, 9.17) is 4.98 Å². The van der Waals surface area contributed by atoms with Crippen LogP contribution in [0.3, 0.4) is 0 Å². The first-order chi connectivity index (χ1) is 27.3. The summed E-state index contributed by atoms with van der Waals surface area (Å²) in [5.74, 6) is 0.879. The summed E-state index contributed by atoms with van der Waals surface area (Å²) in [5.41, 5.74) is 11.5. The van der Waals surface area contributed by atoms with E-state index < -0.39 is 5.41 Å². The predicted octanol–water partition coefficient (Wildman–Crippen LogP) is 14.1. The summed E-state index contributed by atoms with van der Waals surface area (Å²) in [4.78, 5) is 7.67. The van der Waals surface area contributed by atoms with Gasteiger partial charge in [0.05, 0.1) is 15.8 Å². The topological polar surface area (TPSA) is 16.1 Å². The number of benzene rings is 8. The SMILES string of the molecule is c1ccc(-c2ccccc2N(c2ccc3c(c2)C(c2ccccc2)(c2ccccc2)c2ccccc2-3)c2cc3c(cn2)sc2ccc4ccccc4c23)cc1. The molecular weight excluding hydrogens is 685 g/mol. The molecule has 8 aromatic carbocycles. The van der Waals surface area contributed by atoms with Crippen LogP contribution >= 0.6 is 11.3 Å². The highest BCUT2D eigenvalue weighted by Crippen LogP contribution is 2.57. The molecule has 0 unspecified atom stereocenters. The molecule has 258 valence electrons. The van der Waals surface area contributed by atoms with E-state index in [1.165, 1.54) is 64.3 Å². The number of pyridine rings is 1. The van der Waals surface area contributed by atoms with E-state index in [1.54, 1.807) is 0 Å². The van der Waals surface area contributed by atoms with Crippen LogP contribution in [0.1, 0.15) is 22.3 Å². The van der Waals surface area contributed by atoms with Crippen LogP contribution in [0.4, 0.5) is 17.2 Å². The molecule has 0 aliphatic heterocycles. The maximum Gasteiger partial charge on any atom is 0.138 e. The Bertz CT molecular complexity index is 3000.